The number of rotatable bonds is 5. The zero-order valence-corrected chi connectivity index (χ0v) is 15.0. The van der Waals surface area contributed by atoms with E-state index in [2.05, 4.69) is 4.98 Å². The summed E-state index contributed by atoms with van der Waals surface area (Å²) in [4.78, 5) is 16.0. The Morgan fingerprint density at radius 3 is 2.64 bits per heavy atom. The average Bonchev–Trinajstić information content (AvgIpc) is 3.17. The number of hydrogen-bond acceptors (Lipinski definition) is 5. The molecule has 0 aliphatic rings. The lowest BCUT2D eigenvalue weighted by Gasteiger charge is -2.11. The van der Waals surface area contributed by atoms with Gasteiger partial charge < -0.3 is 13.9 Å². The standard InChI is InChI=1S/C20H16F3NO4/c1-3-27-19(25)13-6-4-5-12(9-13)18-24-11-17(28-18)15-8-7-14(20(21,22)23)10-16(15)26-2/h4-11H,3H2,1-2H3. The number of aromatic nitrogens is 1. The van der Waals surface area contributed by atoms with Gasteiger partial charge in [-0.25, -0.2) is 9.78 Å². The monoisotopic (exact) mass is 391 g/mol. The highest BCUT2D eigenvalue weighted by Crippen LogP contribution is 2.38. The number of ether oxygens (including phenoxy) is 2. The fourth-order valence-electron chi connectivity index (χ4n) is 2.60. The van der Waals surface area contributed by atoms with Gasteiger partial charge in [0.1, 0.15) is 5.75 Å². The van der Waals surface area contributed by atoms with Crippen LogP contribution in [0.4, 0.5) is 13.2 Å². The Bertz CT molecular complexity index is 995. The normalized spacial score (nSPS) is 11.3. The molecule has 0 spiro atoms. The molecule has 0 atom stereocenters. The Hall–Kier alpha value is -3.29. The molecule has 0 bridgehead atoms. The molecule has 3 aromatic rings. The maximum absolute atomic E-state index is 12.9. The highest BCUT2D eigenvalue weighted by molar-refractivity contribution is 5.90. The third-order valence-electron chi connectivity index (χ3n) is 3.92. The first-order chi connectivity index (χ1) is 13.3. The molecule has 0 fully saturated rings. The zero-order valence-electron chi connectivity index (χ0n) is 15.0. The third-order valence-corrected chi connectivity index (χ3v) is 3.92. The van der Waals surface area contributed by atoms with E-state index in [4.69, 9.17) is 13.9 Å². The molecule has 0 saturated carbocycles. The fraction of sp³-hybridized carbons (Fsp3) is 0.200. The lowest BCUT2D eigenvalue weighted by atomic mass is 10.1. The van der Waals surface area contributed by atoms with Gasteiger partial charge in [-0.1, -0.05) is 6.07 Å². The molecule has 146 valence electrons. The summed E-state index contributed by atoms with van der Waals surface area (Å²) in [6.07, 6.45) is -3.09. The quantitative estimate of drug-likeness (QED) is 0.559. The molecule has 0 aliphatic carbocycles. The molecule has 0 saturated heterocycles. The van der Waals surface area contributed by atoms with Crippen LogP contribution in [0.25, 0.3) is 22.8 Å². The van der Waals surface area contributed by atoms with Crippen LogP contribution in [0.15, 0.2) is 53.1 Å². The van der Waals surface area contributed by atoms with E-state index in [1.165, 1.54) is 19.4 Å². The van der Waals surface area contributed by atoms with Crippen molar-refractivity contribution in [1.29, 1.82) is 0 Å². The summed E-state index contributed by atoms with van der Waals surface area (Å²) < 4.78 is 54.4. The first-order valence-corrected chi connectivity index (χ1v) is 8.32. The Kier molecular flexibility index (Phi) is 5.39. The van der Waals surface area contributed by atoms with Gasteiger partial charge in [0.2, 0.25) is 5.89 Å². The van der Waals surface area contributed by atoms with E-state index < -0.39 is 17.7 Å². The maximum atomic E-state index is 12.9. The number of nitrogens with zero attached hydrogens (tertiary/aromatic N) is 1. The van der Waals surface area contributed by atoms with Crippen LogP contribution in [0.5, 0.6) is 5.75 Å². The number of alkyl halides is 3. The minimum atomic E-state index is -4.48. The van der Waals surface area contributed by atoms with Crippen molar-refractivity contribution in [3.63, 3.8) is 0 Å². The number of carbonyl (C=O) groups excluding carboxylic acids is 1. The van der Waals surface area contributed by atoms with Crippen LogP contribution >= 0.6 is 0 Å². The van der Waals surface area contributed by atoms with Crippen molar-refractivity contribution in [3.05, 3.63) is 59.8 Å². The van der Waals surface area contributed by atoms with Gasteiger partial charge in [0.05, 0.1) is 36.6 Å². The molecule has 0 radical (unpaired) electrons. The second kappa shape index (κ2) is 7.75. The molecule has 0 N–H and O–H groups in total. The van der Waals surface area contributed by atoms with E-state index in [1.807, 2.05) is 0 Å². The second-order valence-electron chi connectivity index (χ2n) is 5.74. The molecule has 0 aliphatic heterocycles. The lowest BCUT2D eigenvalue weighted by molar-refractivity contribution is -0.137. The van der Waals surface area contributed by atoms with E-state index in [9.17, 15) is 18.0 Å². The van der Waals surface area contributed by atoms with Crippen LogP contribution in [-0.4, -0.2) is 24.7 Å². The van der Waals surface area contributed by atoms with Crippen LogP contribution in [0, 0.1) is 0 Å². The zero-order chi connectivity index (χ0) is 20.3. The van der Waals surface area contributed by atoms with Gasteiger partial charge in [-0.05, 0) is 43.3 Å². The van der Waals surface area contributed by atoms with Crippen molar-refractivity contribution >= 4 is 5.97 Å². The van der Waals surface area contributed by atoms with Gasteiger partial charge in [0.15, 0.2) is 5.76 Å². The summed E-state index contributed by atoms with van der Waals surface area (Å²) >= 11 is 0. The Morgan fingerprint density at radius 2 is 1.96 bits per heavy atom. The van der Waals surface area contributed by atoms with Gasteiger partial charge in [-0.15, -0.1) is 0 Å². The highest BCUT2D eigenvalue weighted by atomic mass is 19.4. The number of halogens is 3. The predicted octanol–water partition coefficient (Wildman–Crippen LogP) is 5.21. The van der Waals surface area contributed by atoms with Crippen molar-refractivity contribution in [1.82, 2.24) is 4.98 Å². The largest absolute Gasteiger partial charge is 0.496 e. The van der Waals surface area contributed by atoms with Gasteiger partial charge in [-0.3, -0.25) is 0 Å². The molecule has 8 heteroatoms. The van der Waals surface area contributed by atoms with Crippen LogP contribution < -0.4 is 4.74 Å². The highest BCUT2D eigenvalue weighted by Gasteiger charge is 2.31. The molecule has 1 heterocycles. The van der Waals surface area contributed by atoms with E-state index in [0.717, 1.165) is 12.1 Å². The van der Waals surface area contributed by atoms with Crippen molar-refractivity contribution < 1.29 is 31.9 Å². The van der Waals surface area contributed by atoms with Crippen molar-refractivity contribution in [2.75, 3.05) is 13.7 Å². The van der Waals surface area contributed by atoms with E-state index >= 15 is 0 Å². The number of hydrogen-bond donors (Lipinski definition) is 0. The van der Waals surface area contributed by atoms with Crippen LogP contribution in [0.3, 0.4) is 0 Å². The Labute approximate surface area is 158 Å². The number of methoxy groups -OCH3 is 1. The minimum Gasteiger partial charge on any atom is -0.496 e. The maximum Gasteiger partial charge on any atom is 0.416 e. The van der Waals surface area contributed by atoms with Gasteiger partial charge in [-0.2, -0.15) is 13.2 Å². The first-order valence-electron chi connectivity index (χ1n) is 8.32. The molecule has 0 unspecified atom stereocenters. The molecule has 2 aromatic carbocycles. The molecule has 28 heavy (non-hydrogen) atoms. The topological polar surface area (TPSA) is 61.6 Å². The Morgan fingerprint density at radius 1 is 1.18 bits per heavy atom. The summed E-state index contributed by atoms with van der Waals surface area (Å²) in [6, 6.07) is 9.63. The van der Waals surface area contributed by atoms with Gasteiger partial charge >= 0.3 is 12.1 Å². The molecule has 1 aromatic heterocycles. The lowest BCUT2D eigenvalue weighted by Crippen LogP contribution is -2.05. The molecular weight excluding hydrogens is 375 g/mol. The summed E-state index contributed by atoms with van der Waals surface area (Å²) in [6.45, 7) is 1.96. The number of esters is 1. The minimum absolute atomic E-state index is 0.0119. The summed E-state index contributed by atoms with van der Waals surface area (Å²) in [5.41, 5.74) is 0.375. The molecule has 5 nitrogen and oxygen atoms in total. The van der Waals surface area contributed by atoms with Crippen molar-refractivity contribution in [2.45, 2.75) is 13.1 Å². The van der Waals surface area contributed by atoms with Crippen LogP contribution in [0.1, 0.15) is 22.8 Å². The first kappa shape index (κ1) is 19.5. The number of carbonyl (C=O) groups is 1. The summed E-state index contributed by atoms with van der Waals surface area (Å²) in [7, 11) is 1.28. The van der Waals surface area contributed by atoms with Crippen molar-refractivity contribution in [2.24, 2.45) is 0 Å². The molecular formula is C20H16F3NO4. The van der Waals surface area contributed by atoms with E-state index in [-0.39, 0.29) is 24.0 Å². The van der Waals surface area contributed by atoms with E-state index in [1.54, 1.807) is 31.2 Å². The van der Waals surface area contributed by atoms with Crippen LogP contribution in [0.2, 0.25) is 0 Å². The third kappa shape index (κ3) is 4.00. The average molecular weight is 391 g/mol. The summed E-state index contributed by atoms with van der Waals surface area (Å²) in [5.74, 6) is -0.0106. The van der Waals surface area contributed by atoms with Gasteiger partial charge in [0.25, 0.3) is 0 Å². The summed E-state index contributed by atoms with van der Waals surface area (Å²) in [5, 5.41) is 0. The number of benzene rings is 2. The molecule has 0 amide bonds. The Balaban J connectivity index is 1.95. The van der Waals surface area contributed by atoms with E-state index in [0.29, 0.717) is 16.7 Å². The fourth-order valence-corrected chi connectivity index (χ4v) is 2.60. The SMILES string of the molecule is CCOC(=O)c1cccc(-c2ncc(-c3ccc(C(F)(F)F)cc3OC)o2)c1. The predicted molar refractivity (Wildman–Crippen MR) is 94.9 cm³/mol. The number of oxazole rings is 1. The smallest absolute Gasteiger partial charge is 0.416 e. The second-order valence-corrected chi connectivity index (χ2v) is 5.74. The van der Waals surface area contributed by atoms with Crippen molar-refractivity contribution in [3.8, 4) is 28.5 Å². The van der Waals surface area contributed by atoms with Gasteiger partial charge in [0, 0.05) is 5.56 Å². The van der Waals surface area contributed by atoms with Crippen LogP contribution in [-0.2, 0) is 10.9 Å². The molecule has 3 rings (SSSR count).